The molecule has 1 aliphatic heterocycles. The van der Waals surface area contributed by atoms with Crippen molar-refractivity contribution >= 4 is 46.5 Å². The van der Waals surface area contributed by atoms with Crippen LogP contribution in [-0.2, 0) is 73.5 Å². The Morgan fingerprint density at radius 3 is 1.39 bits per heavy atom. The van der Waals surface area contributed by atoms with Gasteiger partial charge in [0.2, 0.25) is 11.9 Å². The predicted octanol–water partition coefficient (Wildman–Crippen LogP) is 23.5. The Labute approximate surface area is 638 Å². The number of hydrogen-bond donors (Lipinski definition) is 1. The second kappa shape index (κ2) is 69.5. The molecule has 1 heterocycles. The van der Waals surface area contributed by atoms with Crippen LogP contribution in [0, 0.1) is 71.0 Å². The molecule has 1 aliphatic carbocycles. The molecule has 104 heavy (non-hydrogen) atoms. The van der Waals surface area contributed by atoms with Crippen molar-refractivity contribution in [2.45, 2.75) is 347 Å². The molecule has 4 atom stereocenters. The molecular formula is C89H161N4O11+. The highest BCUT2D eigenvalue weighted by Gasteiger charge is 2.39. The monoisotopic (exact) mass is 1460 g/mol. The first-order valence-corrected chi connectivity index (χ1v) is 40.4. The van der Waals surface area contributed by atoms with E-state index in [0.717, 1.165) is 111 Å². The Bertz CT molecular complexity index is 2480. The van der Waals surface area contributed by atoms with Crippen molar-refractivity contribution in [3.63, 3.8) is 0 Å². The van der Waals surface area contributed by atoms with Gasteiger partial charge in [0.05, 0.1) is 19.1 Å². The van der Waals surface area contributed by atoms with Crippen LogP contribution in [0.2, 0.25) is 0 Å². The van der Waals surface area contributed by atoms with Gasteiger partial charge in [-0.05, 0) is 219 Å². The first kappa shape index (κ1) is 107. The van der Waals surface area contributed by atoms with Gasteiger partial charge >= 0.3 is 5.97 Å². The van der Waals surface area contributed by atoms with Crippen LogP contribution in [0.25, 0.3) is 0 Å². The average molecular weight is 1460 g/mol. The van der Waals surface area contributed by atoms with Crippen molar-refractivity contribution in [1.82, 2.24) is 0 Å². The number of unbranched alkanes of at least 4 members (excludes halogenated alkanes) is 1. The molecule has 0 bridgehead atoms. The number of Topliss-reactive ketones (excluding diaryl/α,β-unsaturated/α-hetero) is 7. The van der Waals surface area contributed by atoms with Crippen LogP contribution in [0.15, 0.2) is 64.1 Å². The first-order valence-electron chi connectivity index (χ1n) is 40.4. The summed E-state index contributed by atoms with van der Waals surface area (Å²) in [4.78, 5) is 85.2. The molecule has 1 saturated carbocycles. The molecule has 4 rings (SSSR count). The number of rotatable bonds is 43. The first-order chi connectivity index (χ1) is 48.5. The van der Waals surface area contributed by atoms with E-state index in [1.807, 2.05) is 61.9 Å². The Morgan fingerprint density at radius 1 is 0.471 bits per heavy atom. The van der Waals surface area contributed by atoms with Gasteiger partial charge in [-0.1, -0.05) is 218 Å². The summed E-state index contributed by atoms with van der Waals surface area (Å²) in [6.45, 7) is 58.7. The summed E-state index contributed by atoms with van der Waals surface area (Å²) in [5.41, 5.74) is 4.65. The number of carbonyl (C=O) groups excluding carboxylic acids is 7. The van der Waals surface area contributed by atoms with Crippen LogP contribution < -0.4 is 0 Å². The molecule has 0 radical (unpaired) electrons. The Hall–Kier alpha value is -5.28. The van der Waals surface area contributed by atoms with Crippen molar-refractivity contribution in [3.05, 3.63) is 70.8 Å². The van der Waals surface area contributed by atoms with Crippen LogP contribution in [0.3, 0.4) is 0 Å². The fourth-order valence-electron chi connectivity index (χ4n) is 10.1. The summed E-state index contributed by atoms with van der Waals surface area (Å²) in [6, 6.07) is 16.2. The molecule has 2 aromatic carbocycles. The fraction of sp³-hybridized carbons (Fsp3) is 0.775. The number of carboxylic acids is 1. The summed E-state index contributed by atoms with van der Waals surface area (Å²) < 4.78 is 12.3. The second-order valence-corrected chi connectivity index (χ2v) is 33.2. The molecule has 602 valence electrons. The number of aryl methyl sites for hydroxylation is 2. The van der Waals surface area contributed by atoms with Gasteiger partial charge in [-0.15, -0.1) is 4.70 Å². The summed E-state index contributed by atoms with van der Waals surface area (Å²) >= 11 is 0. The zero-order valence-corrected chi connectivity index (χ0v) is 71.9. The minimum Gasteiger partial charge on any atom is -0.481 e. The Balaban J connectivity index is -0.000000355. The fourth-order valence-corrected chi connectivity index (χ4v) is 10.1. The highest BCUT2D eigenvalue weighted by atomic mass is 16.5. The minimum atomic E-state index is -0.773. The Morgan fingerprint density at radius 2 is 0.962 bits per heavy atom. The summed E-state index contributed by atoms with van der Waals surface area (Å²) in [5, 5.41) is 19.7. The van der Waals surface area contributed by atoms with E-state index in [1.54, 1.807) is 48.5 Å². The number of hydrogen-bond acceptors (Lipinski definition) is 13. The van der Waals surface area contributed by atoms with E-state index in [9.17, 15) is 38.4 Å². The molecule has 1 fully saturated rings. The number of ether oxygens (including phenoxy) is 2. The van der Waals surface area contributed by atoms with E-state index >= 15 is 0 Å². The predicted molar refractivity (Wildman–Crippen MR) is 436 cm³/mol. The zero-order chi connectivity index (χ0) is 80.7. The van der Waals surface area contributed by atoms with Crippen molar-refractivity contribution in [2.75, 3.05) is 33.0 Å². The SMILES string of the molecule is CC(=O)C(C)CCCC(C)C.CC(=O)C1CC1CCC(C)C.CC(=O)CC(C)CCC(C)C.CC(=O)CCCCC(C)C.CC(=O)CCCOC(C)C.CC(=O)CCOCC(C)C.CC(=O)Cc1cccc(CCC(C)C)c1.CC(C)CCC[N+]1=NN=NC1.CC(C)CCc1ccc(CC(=O)O)cc1. The van der Waals surface area contributed by atoms with Crippen molar-refractivity contribution in [2.24, 2.45) is 86.6 Å². The molecule has 1 N–H and O–H groups in total. The lowest BCUT2D eigenvalue weighted by atomic mass is 9.95. The van der Waals surface area contributed by atoms with E-state index in [2.05, 4.69) is 145 Å². The minimum absolute atomic E-state index is 0.116. The molecule has 0 aromatic heterocycles. The normalized spacial score (nSPS) is 13.7. The second-order valence-electron chi connectivity index (χ2n) is 33.2. The van der Waals surface area contributed by atoms with Crippen molar-refractivity contribution < 1.29 is 57.6 Å². The lowest BCUT2D eigenvalue weighted by Crippen LogP contribution is -2.08. The number of carboxylic acid groups (broad SMARTS) is 1. The van der Waals surface area contributed by atoms with Gasteiger partial charge in [-0.25, -0.2) is 0 Å². The maximum Gasteiger partial charge on any atom is 0.307 e. The van der Waals surface area contributed by atoms with Crippen LogP contribution in [0.5, 0.6) is 0 Å². The molecule has 15 heteroatoms. The average Bonchev–Trinajstić information content (AvgIpc) is 1.68. The molecule has 15 nitrogen and oxygen atoms in total. The number of aliphatic carboxylic acids is 1. The molecule has 0 amide bonds. The molecule has 0 spiro atoms. The molecular weight excluding hydrogens is 1300 g/mol. The van der Waals surface area contributed by atoms with E-state index in [-0.39, 0.29) is 35.8 Å². The lowest BCUT2D eigenvalue weighted by molar-refractivity contribution is -0.584. The van der Waals surface area contributed by atoms with Gasteiger partial charge in [0, 0.05) is 57.2 Å². The maximum absolute atomic E-state index is 11.0. The van der Waals surface area contributed by atoms with Gasteiger partial charge in [0.25, 0.3) is 0 Å². The summed E-state index contributed by atoms with van der Waals surface area (Å²) in [5.74, 6) is 9.22. The van der Waals surface area contributed by atoms with Crippen LogP contribution in [0.1, 0.15) is 338 Å². The molecule has 2 aliphatic rings. The third-order valence-corrected chi connectivity index (χ3v) is 16.8. The molecule has 0 saturated heterocycles. The quantitative estimate of drug-likeness (QED) is 0.0487. The van der Waals surface area contributed by atoms with Crippen LogP contribution in [0.4, 0.5) is 0 Å². The van der Waals surface area contributed by atoms with E-state index in [1.165, 1.54) is 94.6 Å². The number of benzene rings is 2. The van der Waals surface area contributed by atoms with E-state index in [4.69, 9.17) is 14.6 Å². The smallest absolute Gasteiger partial charge is 0.307 e. The lowest BCUT2D eigenvalue weighted by Gasteiger charge is -2.10. The third-order valence-electron chi connectivity index (χ3n) is 16.8. The van der Waals surface area contributed by atoms with Gasteiger partial charge in [-0.2, -0.15) is 0 Å². The number of carbonyl (C=O) groups is 8. The van der Waals surface area contributed by atoms with Gasteiger partial charge in [0.1, 0.15) is 47.0 Å². The zero-order valence-electron chi connectivity index (χ0n) is 71.9. The van der Waals surface area contributed by atoms with Crippen LogP contribution in [-0.4, -0.2) is 95.4 Å². The van der Waals surface area contributed by atoms with Gasteiger partial charge in [0.15, 0.2) is 5.22 Å². The molecule has 4 unspecified atom stereocenters. The van der Waals surface area contributed by atoms with E-state index in [0.29, 0.717) is 85.9 Å². The van der Waals surface area contributed by atoms with E-state index < -0.39 is 5.97 Å². The topological polar surface area (TPSA) is 215 Å². The Kier molecular flexibility index (Phi) is 71.7. The standard InChI is InChI=1S/C14H20O.C13H18O2.C10H18O.2C10H20O.C9H18O.2C8H16O2.C7H15N4/c1-11(2)7-8-13-5-4-6-14(10-13)9-12(3)15;1-10(2)3-4-11-5-7-12(8-6-11)9-13(14)15;1-7(2)4-5-9-6-10(9)8(3)11;1-8(2)5-6-9(3)7-10(4)11;1-8(2)6-5-7-9(3)10(4)11;1-8(2)6-4-5-7-9(3)10;1-7(2)6-10-5-4-8(3)9;1-7(2)10-6-4-5-8(3)9;1-7(2)4-3-5-11-6-8-9-10-11/h4-6,10-11H,7-9H2,1-3H3;5-8,10H,3-4,9H2,1-2H3,(H,14,15);7,9-10H,4-6H2,1-3H3;2*8-9H,5-7H2,1-4H3;8H,4-7H2,1-3H3;2*7H,4-6H2,1-3H3;7H,3-6H2,1-2H3/q;;;;;;;;+1. The largest absolute Gasteiger partial charge is 0.481 e. The van der Waals surface area contributed by atoms with Crippen molar-refractivity contribution in [3.8, 4) is 0 Å². The summed E-state index contributed by atoms with van der Waals surface area (Å²) in [7, 11) is 0. The highest BCUT2D eigenvalue weighted by Crippen LogP contribution is 2.43. The van der Waals surface area contributed by atoms with Crippen LogP contribution >= 0.6 is 0 Å². The number of nitrogens with zero attached hydrogens (tertiary/aromatic N) is 4. The highest BCUT2D eigenvalue weighted by molar-refractivity contribution is 5.81. The third kappa shape index (κ3) is 87.4. The summed E-state index contributed by atoms with van der Waals surface area (Å²) in [6.07, 6.45) is 24.8. The van der Waals surface area contributed by atoms with Gasteiger partial charge in [-0.3, -0.25) is 24.0 Å². The van der Waals surface area contributed by atoms with Gasteiger partial charge < -0.3 is 29.0 Å². The van der Waals surface area contributed by atoms with Crippen molar-refractivity contribution in [1.29, 1.82) is 0 Å². The number of ketones is 7. The molecule has 2 aromatic rings. The maximum atomic E-state index is 11.0.